The van der Waals surface area contributed by atoms with E-state index in [0.29, 0.717) is 16.3 Å². The second-order valence-electron chi connectivity index (χ2n) is 5.89. The van der Waals surface area contributed by atoms with Crippen molar-refractivity contribution >= 4 is 35.1 Å². The summed E-state index contributed by atoms with van der Waals surface area (Å²) < 4.78 is 0. The first kappa shape index (κ1) is 20.3. The molecule has 0 aliphatic carbocycles. The number of carbonyl (C=O) groups excluding carboxylic acids is 3. The van der Waals surface area contributed by atoms with Crippen LogP contribution in [0.15, 0.2) is 48.5 Å². The Morgan fingerprint density at radius 3 is 2.56 bits per heavy atom. The smallest absolute Gasteiger partial charge is 0.319 e. The SMILES string of the molecule is CC(NC(=O)Nc1cccc(C(=O)NCCC(N)=O)c1)c1ccccc1Cl. The lowest BCUT2D eigenvalue weighted by Crippen LogP contribution is -2.31. The van der Waals surface area contributed by atoms with Crippen LogP contribution < -0.4 is 21.7 Å². The molecule has 4 amide bonds. The zero-order valence-corrected chi connectivity index (χ0v) is 15.5. The number of primary amides is 1. The summed E-state index contributed by atoms with van der Waals surface area (Å²) in [6.07, 6.45) is 0.0615. The fourth-order valence-corrected chi connectivity index (χ4v) is 2.71. The van der Waals surface area contributed by atoms with Gasteiger partial charge in [-0.2, -0.15) is 0 Å². The molecule has 0 aromatic heterocycles. The van der Waals surface area contributed by atoms with Crippen LogP contribution in [0.4, 0.5) is 10.5 Å². The number of halogens is 1. The molecule has 1 atom stereocenters. The molecule has 1 unspecified atom stereocenters. The predicted molar refractivity (Wildman–Crippen MR) is 105 cm³/mol. The third-order valence-electron chi connectivity index (χ3n) is 3.76. The lowest BCUT2D eigenvalue weighted by atomic mass is 10.1. The highest BCUT2D eigenvalue weighted by Gasteiger charge is 2.13. The van der Waals surface area contributed by atoms with E-state index >= 15 is 0 Å². The van der Waals surface area contributed by atoms with Gasteiger partial charge in [0.2, 0.25) is 5.91 Å². The monoisotopic (exact) mass is 388 g/mol. The van der Waals surface area contributed by atoms with Crippen LogP contribution in [0.5, 0.6) is 0 Å². The minimum Gasteiger partial charge on any atom is -0.370 e. The van der Waals surface area contributed by atoms with Gasteiger partial charge in [0.25, 0.3) is 5.91 Å². The number of nitrogens with two attached hydrogens (primary N) is 1. The number of nitrogens with one attached hydrogen (secondary N) is 3. The van der Waals surface area contributed by atoms with Gasteiger partial charge >= 0.3 is 6.03 Å². The Balaban J connectivity index is 1.95. The molecule has 0 aliphatic heterocycles. The number of amides is 4. The first-order chi connectivity index (χ1) is 12.9. The number of hydrogen-bond donors (Lipinski definition) is 4. The van der Waals surface area contributed by atoms with Gasteiger partial charge < -0.3 is 21.7 Å². The minimum atomic E-state index is -0.491. The Labute approximate surface area is 162 Å². The van der Waals surface area contributed by atoms with E-state index in [-0.39, 0.29) is 24.9 Å². The van der Waals surface area contributed by atoms with Crippen molar-refractivity contribution in [1.82, 2.24) is 10.6 Å². The van der Waals surface area contributed by atoms with Crippen molar-refractivity contribution in [3.63, 3.8) is 0 Å². The quantitative estimate of drug-likeness (QED) is 0.584. The molecule has 0 saturated heterocycles. The van der Waals surface area contributed by atoms with E-state index in [0.717, 1.165) is 5.56 Å². The lowest BCUT2D eigenvalue weighted by molar-refractivity contribution is -0.117. The van der Waals surface area contributed by atoms with Crippen molar-refractivity contribution in [2.45, 2.75) is 19.4 Å². The Morgan fingerprint density at radius 2 is 1.85 bits per heavy atom. The highest BCUT2D eigenvalue weighted by Crippen LogP contribution is 2.22. The molecule has 27 heavy (non-hydrogen) atoms. The maximum atomic E-state index is 12.2. The second kappa shape index (κ2) is 9.59. The van der Waals surface area contributed by atoms with Crippen molar-refractivity contribution in [2.24, 2.45) is 5.73 Å². The van der Waals surface area contributed by atoms with Crippen molar-refractivity contribution in [3.05, 3.63) is 64.7 Å². The molecule has 2 aromatic carbocycles. The van der Waals surface area contributed by atoms with Crippen molar-refractivity contribution in [1.29, 1.82) is 0 Å². The van der Waals surface area contributed by atoms with Crippen LogP contribution in [0, 0.1) is 0 Å². The summed E-state index contributed by atoms with van der Waals surface area (Å²) in [6, 6.07) is 13.0. The number of benzene rings is 2. The van der Waals surface area contributed by atoms with E-state index < -0.39 is 11.9 Å². The third kappa shape index (κ3) is 6.31. The number of anilines is 1. The Bertz CT molecular complexity index is 841. The zero-order chi connectivity index (χ0) is 19.8. The Morgan fingerprint density at radius 1 is 1.11 bits per heavy atom. The molecule has 0 radical (unpaired) electrons. The lowest BCUT2D eigenvalue weighted by Gasteiger charge is -2.16. The summed E-state index contributed by atoms with van der Waals surface area (Å²) in [6.45, 7) is 1.98. The van der Waals surface area contributed by atoms with Gasteiger partial charge in [0.1, 0.15) is 0 Å². The zero-order valence-electron chi connectivity index (χ0n) is 14.8. The van der Waals surface area contributed by atoms with E-state index in [2.05, 4.69) is 16.0 Å². The molecule has 5 N–H and O–H groups in total. The fraction of sp³-hybridized carbons (Fsp3) is 0.211. The summed E-state index contributed by atoms with van der Waals surface area (Å²) >= 11 is 6.13. The van der Waals surface area contributed by atoms with E-state index in [1.54, 1.807) is 30.3 Å². The average molecular weight is 389 g/mol. The van der Waals surface area contributed by atoms with E-state index in [1.807, 2.05) is 25.1 Å². The van der Waals surface area contributed by atoms with Gasteiger partial charge in [-0.15, -0.1) is 0 Å². The largest absolute Gasteiger partial charge is 0.370 e. The van der Waals surface area contributed by atoms with E-state index in [1.165, 1.54) is 0 Å². The Kier molecular flexibility index (Phi) is 7.19. The topological polar surface area (TPSA) is 113 Å². The Hall–Kier alpha value is -3.06. The van der Waals surface area contributed by atoms with Gasteiger partial charge in [0.05, 0.1) is 6.04 Å². The molecule has 2 rings (SSSR count). The van der Waals surface area contributed by atoms with Crippen LogP contribution in [0.2, 0.25) is 5.02 Å². The summed E-state index contributed by atoms with van der Waals surface area (Å²) in [5, 5.41) is 8.64. The summed E-state index contributed by atoms with van der Waals surface area (Å²) in [4.78, 5) is 35.0. The van der Waals surface area contributed by atoms with E-state index in [4.69, 9.17) is 17.3 Å². The number of rotatable bonds is 7. The highest BCUT2D eigenvalue weighted by atomic mass is 35.5. The van der Waals surface area contributed by atoms with Crippen LogP contribution in [0.3, 0.4) is 0 Å². The van der Waals surface area contributed by atoms with Crippen LogP contribution in [0.25, 0.3) is 0 Å². The third-order valence-corrected chi connectivity index (χ3v) is 4.10. The molecular formula is C19H21ClN4O3. The second-order valence-corrected chi connectivity index (χ2v) is 6.30. The predicted octanol–water partition coefficient (Wildman–Crippen LogP) is 2.83. The van der Waals surface area contributed by atoms with Crippen molar-refractivity contribution in [2.75, 3.05) is 11.9 Å². The van der Waals surface area contributed by atoms with Gasteiger partial charge in [-0.05, 0) is 36.8 Å². The molecule has 7 nitrogen and oxygen atoms in total. The normalized spacial score (nSPS) is 11.3. The molecule has 0 fully saturated rings. The number of hydrogen-bond acceptors (Lipinski definition) is 3. The van der Waals surface area contributed by atoms with Crippen LogP contribution >= 0.6 is 11.6 Å². The average Bonchev–Trinajstić information content (AvgIpc) is 2.61. The number of carbonyl (C=O) groups is 3. The molecule has 2 aromatic rings. The maximum Gasteiger partial charge on any atom is 0.319 e. The van der Waals surface area contributed by atoms with Gasteiger partial charge in [-0.3, -0.25) is 9.59 Å². The van der Waals surface area contributed by atoms with Gasteiger partial charge in [-0.25, -0.2) is 4.79 Å². The number of urea groups is 1. The molecule has 0 aliphatic rings. The summed E-state index contributed by atoms with van der Waals surface area (Å²) in [7, 11) is 0. The fourth-order valence-electron chi connectivity index (χ4n) is 2.41. The molecule has 0 bridgehead atoms. The maximum absolute atomic E-state index is 12.2. The standard InChI is InChI=1S/C19H21ClN4O3/c1-12(15-7-2-3-8-16(15)20)23-19(27)24-14-6-4-5-13(11-14)18(26)22-10-9-17(21)25/h2-8,11-12H,9-10H2,1H3,(H2,21,25)(H,22,26)(H2,23,24,27). The van der Waals surface area contributed by atoms with Crippen LogP contribution in [-0.4, -0.2) is 24.4 Å². The van der Waals surface area contributed by atoms with Crippen LogP contribution in [-0.2, 0) is 4.79 Å². The molecule has 142 valence electrons. The first-order valence-corrected chi connectivity index (χ1v) is 8.73. The molecule has 0 saturated carbocycles. The summed E-state index contributed by atoms with van der Waals surface area (Å²) in [5.41, 5.74) is 6.65. The molecule has 8 heteroatoms. The van der Waals surface area contributed by atoms with E-state index in [9.17, 15) is 14.4 Å². The highest BCUT2D eigenvalue weighted by molar-refractivity contribution is 6.31. The van der Waals surface area contributed by atoms with Gasteiger partial charge in [0, 0.05) is 29.2 Å². The minimum absolute atomic E-state index is 0.0615. The van der Waals surface area contributed by atoms with Crippen molar-refractivity contribution in [3.8, 4) is 0 Å². The van der Waals surface area contributed by atoms with Crippen LogP contribution in [0.1, 0.15) is 35.3 Å². The van der Waals surface area contributed by atoms with Crippen molar-refractivity contribution < 1.29 is 14.4 Å². The molecule has 0 heterocycles. The van der Waals surface area contributed by atoms with Gasteiger partial charge in [-0.1, -0.05) is 35.9 Å². The molecule has 0 spiro atoms. The molecular weight excluding hydrogens is 368 g/mol. The van der Waals surface area contributed by atoms with Gasteiger partial charge in [0.15, 0.2) is 0 Å². The summed E-state index contributed by atoms with van der Waals surface area (Å²) in [5.74, 6) is -0.847. The first-order valence-electron chi connectivity index (χ1n) is 8.35.